The maximum atomic E-state index is 4.44. The average molecular weight is 284 g/mol. The zero-order valence-electron chi connectivity index (χ0n) is 13.3. The van der Waals surface area contributed by atoms with Crippen molar-refractivity contribution in [3.63, 3.8) is 0 Å². The fourth-order valence-electron chi connectivity index (χ4n) is 1.99. The van der Waals surface area contributed by atoms with Gasteiger partial charge in [-0.25, -0.2) is 9.97 Å². The van der Waals surface area contributed by atoms with Crippen molar-refractivity contribution in [1.29, 1.82) is 0 Å². The van der Waals surface area contributed by atoms with Crippen LogP contribution in [0, 0.1) is 13.8 Å². The van der Waals surface area contributed by atoms with E-state index < -0.39 is 0 Å². The minimum absolute atomic E-state index is 0.407. The third-order valence-electron chi connectivity index (χ3n) is 3.44. The van der Waals surface area contributed by atoms with Gasteiger partial charge in [0.15, 0.2) is 0 Å². The number of nitrogens with zero attached hydrogens (tertiary/aromatic N) is 2. The molecule has 0 saturated heterocycles. The number of aromatic nitrogens is 2. The number of nitrogens with one attached hydrogen (secondary N) is 2. The largest absolute Gasteiger partial charge is 0.367 e. The van der Waals surface area contributed by atoms with Gasteiger partial charge in [0, 0.05) is 18.7 Å². The van der Waals surface area contributed by atoms with Crippen molar-refractivity contribution in [2.45, 2.75) is 46.7 Å². The van der Waals surface area contributed by atoms with E-state index in [2.05, 4.69) is 65.6 Å². The number of anilines is 2. The van der Waals surface area contributed by atoms with Crippen LogP contribution in [0.1, 0.15) is 37.2 Å². The molecule has 21 heavy (non-hydrogen) atoms. The molecule has 0 aliphatic carbocycles. The summed E-state index contributed by atoms with van der Waals surface area (Å²) in [6.45, 7) is 9.08. The second-order valence-electron chi connectivity index (χ2n) is 5.48. The molecule has 0 aliphatic rings. The van der Waals surface area contributed by atoms with Gasteiger partial charge in [0.1, 0.15) is 17.5 Å². The predicted molar refractivity (Wildman–Crippen MR) is 88.7 cm³/mol. The van der Waals surface area contributed by atoms with Gasteiger partial charge in [0.05, 0.1) is 0 Å². The van der Waals surface area contributed by atoms with Crippen molar-refractivity contribution >= 4 is 11.6 Å². The highest BCUT2D eigenvalue weighted by molar-refractivity contribution is 5.48. The Bertz CT molecular complexity index is 578. The summed E-state index contributed by atoms with van der Waals surface area (Å²) in [5, 5.41) is 6.75. The summed E-state index contributed by atoms with van der Waals surface area (Å²) in [7, 11) is 0. The van der Waals surface area contributed by atoms with Crippen LogP contribution in [0.4, 0.5) is 11.6 Å². The van der Waals surface area contributed by atoms with Crippen molar-refractivity contribution < 1.29 is 0 Å². The minimum atomic E-state index is 0.407. The molecule has 0 aliphatic heterocycles. The Morgan fingerprint density at radius 1 is 1.05 bits per heavy atom. The summed E-state index contributed by atoms with van der Waals surface area (Å²) in [5.74, 6) is 2.51. The maximum absolute atomic E-state index is 4.44. The van der Waals surface area contributed by atoms with Crippen molar-refractivity contribution in [1.82, 2.24) is 9.97 Å². The Hall–Kier alpha value is -2.10. The first kappa shape index (κ1) is 15.3. The van der Waals surface area contributed by atoms with Crippen molar-refractivity contribution in [3.05, 3.63) is 47.3 Å². The molecule has 0 fully saturated rings. The lowest BCUT2D eigenvalue weighted by Crippen LogP contribution is -2.15. The second-order valence-corrected chi connectivity index (χ2v) is 5.48. The number of rotatable bonds is 6. The standard InChI is InChI=1S/C17H24N4/c1-5-13(3)19-17-10-16(20-14(4)21-17)18-11-15-8-6-12(2)7-9-15/h6-10,13H,5,11H2,1-4H3,(H2,18,19,20,21). The van der Waals surface area contributed by atoms with E-state index in [1.165, 1.54) is 11.1 Å². The lowest BCUT2D eigenvalue weighted by Gasteiger charge is -2.14. The van der Waals surface area contributed by atoms with Gasteiger partial charge in [0.25, 0.3) is 0 Å². The van der Waals surface area contributed by atoms with E-state index in [4.69, 9.17) is 0 Å². The van der Waals surface area contributed by atoms with Crippen molar-refractivity contribution in [2.24, 2.45) is 0 Å². The Morgan fingerprint density at radius 3 is 2.38 bits per heavy atom. The summed E-state index contributed by atoms with van der Waals surface area (Å²) in [6, 6.07) is 10.9. The van der Waals surface area contributed by atoms with Gasteiger partial charge >= 0.3 is 0 Å². The van der Waals surface area contributed by atoms with E-state index in [9.17, 15) is 0 Å². The summed E-state index contributed by atoms with van der Waals surface area (Å²) < 4.78 is 0. The van der Waals surface area contributed by atoms with E-state index in [1.807, 2.05) is 13.0 Å². The molecule has 0 spiro atoms. The van der Waals surface area contributed by atoms with Crippen LogP contribution in [-0.4, -0.2) is 16.0 Å². The van der Waals surface area contributed by atoms with Gasteiger partial charge < -0.3 is 10.6 Å². The fourth-order valence-corrected chi connectivity index (χ4v) is 1.99. The van der Waals surface area contributed by atoms with Crippen LogP contribution in [0.2, 0.25) is 0 Å². The first-order valence-corrected chi connectivity index (χ1v) is 7.48. The molecule has 0 bridgehead atoms. The Labute approximate surface area is 127 Å². The molecular weight excluding hydrogens is 260 g/mol. The van der Waals surface area contributed by atoms with Crippen LogP contribution in [0.5, 0.6) is 0 Å². The molecule has 1 unspecified atom stereocenters. The average Bonchev–Trinajstić information content (AvgIpc) is 2.46. The van der Waals surface area contributed by atoms with Gasteiger partial charge in [-0.05, 0) is 32.8 Å². The maximum Gasteiger partial charge on any atom is 0.132 e. The van der Waals surface area contributed by atoms with Crippen LogP contribution in [0.25, 0.3) is 0 Å². The fraction of sp³-hybridized carbons (Fsp3) is 0.412. The van der Waals surface area contributed by atoms with Gasteiger partial charge in [-0.1, -0.05) is 36.8 Å². The molecule has 1 aromatic heterocycles. The van der Waals surface area contributed by atoms with Gasteiger partial charge in [-0.2, -0.15) is 0 Å². The van der Waals surface area contributed by atoms with E-state index >= 15 is 0 Å². The van der Waals surface area contributed by atoms with E-state index in [0.717, 1.165) is 30.4 Å². The zero-order valence-corrected chi connectivity index (χ0v) is 13.3. The molecule has 2 rings (SSSR count). The molecule has 4 heteroatoms. The number of hydrogen-bond donors (Lipinski definition) is 2. The zero-order chi connectivity index (χ0) is 15.2. The molecule has 2 N–H and O–H groups in total. The molecule has 0 radical (unpaired) electrons. The molecule has 1 aromatic carbocycles. The molecule has 4 nitrogen and oxygen atoms in total. The summed E-state index contributed by atoms with van der Waals surface area (Å²) in [6.07, 6.45) is 1.06. The molecular formula is C17H24N4. The minimum Gasteiger partial charge on any atom is -0.367 e. The van der Waals surface area contributed by atoms with Crippen LogP contribution >= 0.6 is 0 Å². The SMILES string of the molecule is CCC(C)Nc1cc(NCc2ccc(C)cc2)nc(C)n1. The third kappa shape index (κ3) is 4.74. The van der Waals surface area contributed by atoms with Crippen LogP contribution < -0.4 is 10.6 Å². The second kappa shape index (κ2) is 7.07. The predicted octanol–water partition coefficient (Wildman–Crippen LogP) is 3.92. The lowest BCUT2D eigenvalue weighted by atomic mass is 10.1. The monoisotopic (exact) mass is 284 g/mol. The molecule has 0 saturated carbocycles. The molecule has 0 amide bonds. The van der Waals surface area contributed by atoms with Gasteiger partial charge in [-0.15, -0.1) is 0 Å². The molecule has 1 atom stereocenters. The highest BCUT2D eigenvalue weighted by Crippen LogP contribution is 2.14. The van der Waals surface area contributed by atoms with E-state index in [-0.39, 0.29) is 0 Å². The van der Waals surface area contributed by atoms with Crippen molar-refractivity contribution in [2.75, 3.05) is 10.6 Å². The normalized spacial score (nSPS) is 12.0. The Kier molecular flexibility index (Phi) is 5.14. The molecule has 112 valence electrons. The van der Waals surface area contributed by atoms with E-state index in [0.29, 0.717) is 6.04 Å². The number of benzene rings is 1. The highest BCUT2D eigenvalue weighted by atomic mass is 15.1. The summed E-state index contributed by atoms with van der Waals surface area (Å²) >= 11 is 0. The third-order valence-corrected chi connectivity index (χ3v) is 3.44. The smallest absolute Gasteiger partial charge is 0.132 e. The molecule has 2 aromatic rings. The van der Waals surface area contributed by atoms with Gasteiger partial charge in [-0.3, -0.25) is 0 Å². The quantitative estimate of drug-likeness (QED) is 0.844. The summed E-state index contributed by atoms with van der Waals surface area (Å²) in [4.78, 5) is 8.86. The van der Waals surface area contributed by atoms with Crippen molar-refractivity contribution in [3.8, 4) is 0 Å². The number of hydrogen-bond acceptors (Lipinski definition) is 4. The lowest BCUT2D eigenvalue weighted by molar-refractivity contribution is 0.757. The molecule has 1 heterocycles. The first-order chi connectivity index (χ1) is 10.1. The topological polar surface area (TPSA) is 49.8 Å². The Morgan fingerprint density at radius 2 is 1.71 bits per heavy atom. The Balaban J connectivity index is 2.04. The summed E-state index contributed by atoms with van der Waals surface area (Å²) in [5.41, 5.74) is 2.52. The van der Waals surface area contributed by atoms with Gasteiger partial charge in [0.2, 0.25) is 0 Å². The van der Waals surface area contributed by atoms with Crippen LogP contribution in [0.15, 0.2) is 30.3 Å². The van der Waals surface area contributed by atoms with Crippen LogP contribution in [0.3, 0.4) is 0 Å². The highest BCUT2D eigenvalue weighted by Gasteiger charge is 2.04. The van der Waals surface area contributed by atoms with Crippen LogP contribution in [-0.2, 0) is 6.54 Å². The first-order valence-electron chi connectivity index (χ1n) is 7.48. The number of aryl methyl sites for hydroxylation is 2. The van der Waals surface area contributed by atoms with E-state index in [1.54, 1.807) is 0 Å².